The monoisotopic (exact) mass is 410 g/mol. The predicted octanol–water partition coefficient (Wildman–Crippen LogP) is 2.26. The van der Waals surface area contributed by atoms with Crippen LogP contribution in [0.4, 0.5) is 11.4 Å². The van der Waals surface area contributed by atoms with Gasteiger partial charge in [-0.25, -0.2) is 0 Å². The Morgan fingerprint density at radius 2 is 1.70 bits per heavy atom. The third-order valence-corrected chi connectivity index (χ3v) is 5.71. The lowest BCUT2D eigenvalue weighted by Gasteiger charge is -2.40. The van der Waals surface area contributed by atoms with Crippen LogP contribution < -0.4 is 4.90 Å². The second-order valence-electron chi connectivity index (χ2n) is 7.67. The Morgan fingerprint density at radius 3 is 2.37 bits per heavy atom. The van der Waals surface area contributed by atoms with Gasteiger partial charge in [0.15, 0.2) is 0 Å². The Kier molecular flexibility index (Phi) is 6.25. The number of benzene rings is 2. The highest BCUT2D eigenvalue weighted by Crippen LogP contribution is 2.18. The molecule has 8 nitrogen and oxygen atoms in total. The molecule has 2 aliphatic heterocycles. The van der Waals surface area contributed by atoms with E-state index in [2.05, 4.69) is 34.1 Å². The summed E-state index contributed by atoms with van der Waals surface area (Å²) >= 11 is 0. The van der Waals surface area contributed by atoms with E-state index >= 15 is 0 Å². The normalized spacial score (nSPS) is 20.2. The summed E-state index contributed by atoms with van der Waals surface area (Å²) in [5, 5.41) is 10.8. The molecule has 0 N–H and O–H groups in total. The van der Waals surface area contributed by atoms with E-state index in [1.54, 1.807) is 4.90 Å². The van der Waals surface area contributed by atoms with Crippen molar-refractivity contribution >= 4 is 17.3 Å². The number of carbonyl (C=O) groups is 1. The number of ether oxygens (including phenoxy) is 1. The summed E-state index contributed by atoms with van der Waals surface area (Å²) in [5.74, 6) is -0.105. The summed E-state index contributed by atoms with van der Waals surface area (Å²) in [6, 6.07) is 16.2. The standard InChI is InChI=1S/C22H26N4O4/c27-22(18-6-8-20(9-7-18)26(28)29)25-14-15-30-21(17-25)16-23-10-12-24(13-11-23)19-4-2-1-3-5-19/h1-9,21H,10-17H2/t21-/m1/s1. The zero-order valence-corrected chi connectivity index (χ0v) is 16.9. The number of anilines is 1. The number of nitrogens with zero attached hydrogens (tertiary/aromatic N) is 4. The molecule has 2 heterocycles. The Bertz CT molecular complexity index is 866. The molecule has 158 valence electrons. The van der Waals surface area contributed by atoms with Crippen LogP contribution in [0, 0.1) is 10.1 Å². The van der Waals surface area contributed by atoms with Crippen LogP contribution in [-0.4, -0.2) is 79.2 Å². The molecular weight excluding hydrogens is 384 g/mol. The zero-order valence-electron chi connectivity index (χ0n) is 16.9. The summed E-state index contributed by atoms with van der Waals surface area (Å²) in [7, 11) is 0. The molecule has 0 unspecified atom stereocenters. The van der Waals surface area contributed by atoms with Gasteiger partial charge < -0.3 is 14.5 Å². The van der Waals surface area contributed by atoms with Crippen molar-refractivity contribution in [2.45, 2.75) is 6.10 Å². The van der Waals surface area contributed by atoms with Crippen LogP contribution in [0.25, 0.3) is 0 Å². The Labute approximate surface area is 175 Å². The molecule has 0 saturated carbocycles. The minimum Gasteiger partial charge on any atom is -0.373 e. The van der Waals surface area contributed by atoms with Gasteiger partial charge in [0.2, 0.25) is 0 Å². The Morgan fingerprint density at radius 1 is 1.00 bits per heavy atom. The number of amides is 1. The van der Waals surface area contributed by atoms with Gasteiger partial charge in [-0.1, -0.05) is 18.2 Å². The smallest absolute Gasteiger partial charge is 0.269 e. The van der Waals surface area contributed by atoms with E-state index < -0.39 is 4.92 Å². The molecule has 0 spiro atoms. The molecular formula is C22H26N4O4. The van der Waals surface area contributed by atoms with Crippen molar-refractivity contribution in [2.24, 2.45) is 0 Å². The fourth-order valence-corrected chi connectivity index (χ4v) is 4.04. The van der Waals surface area contributed by atoms with Crippen LogP contribution in [0.15, 0.2) is 54.6 Å². The minimum atomic E-state index is -0.462. The van der Waals surface area contributed by atoms with Gasteiger partial charge >= 0.3 is 0 Å². The van der Waals surface area contributed by atoms with Crippen molar-refractivity contribution in [1.82, 2.24) is 9.80 Å². The maximum absolute atomic E-state index is 12.8. The number of para-hydroxylation sites is 1. The van der Waals surface area contributed by atoms with E-state index in [0.29, 0.717) is 25.3 Å². The van der Waals surface area contributed by atoms with Crippen LogP contribution in [0.1, 0.15) is 10.4 Å². The summed E-state index contributed by atoms with van der Waals surface area (Å²) in [6.45, 7) is 6.25. The molecule has 0 radical (unpaired) electrons. The fourth-order valence-electron chi connectivity index (χ4n) is 4.04. The molecule has 0 aromatic heterocycles. The number of non-ortho nitro benzene ring substituents is 1. The molecule has 0 aliphatic carbocycles. The molecule has 30 heavy (non-hydrogen) atoms. The molecule has 2 aromatic carbocycles. The topological polar surface area (TPSA) is 79.2 Å². The Balaban J connectivity index is 1.29. The van der Waals surface area contributed by atoms with Gasteiger partial charge in [0.25, 0.3) is 11.6 Å². The number of hydrogen-bond donors (Lipinski definition) is 0. The second kappa shape index (κ2) is 9.23. The highest BCUT2D eigenvalue weighted by Gasteiger charge is 2.28. The summed E-state index contributed by atoms with van der Waals surface area (Å²) in [6.07, 6.45) is -0.0241. The summed E-state index contributed by atoms with van der Waals surface area (Å²) < 4.78 is 5.92. The van der Waals surface area contributed by atoms with Crippen LogP contribution in [0.3, 0.4) is 0 Å². The molecule has 1 amide bonds. The minimum absolute atomic E-state index is 0.0129. The number of morpholine rings is 1. The quantitative estimate of drug-likeness (QED) is 0.556. The van der Waals surface area contributed by atoms with Crippen LogP contribution in [0.5, 0.6) is 0 Å². The second-order valence-corrected chi connectivity index (χ2v) is 7.67. The first-order valence-corrected chi connectivity index (χ1v) is 10.3. The SMILES string of the molecule is O=C(c1ccc([N+](=O)[O-])cc1)N1CCO[C@H](CN2CCN(c3ccccc3)CC2)C1. The van der Waals surface area contributed by atoms with Crippen LogP contribution >= 0.6 is 0 Å². The van der Waals surface area contributed by atoms with Gasteiger partial charge in [-0.2, -0.15) is 0 Å². The van der Waals surface area contributed by atoms with Crippen molar-refractivity contribution in [3.05, 3.63) is 70.3 Å². The van der Waals surface area contributed by atoms with Crippen LogP contribution in [0.2, 0.25) is 0 Å². The number of carbonyl (C=O) groups excluding carboxylic acids is 1. The van der Waals surface area contributed by atoms with Crippen molar-refractivity contribution in [2.75, 3.05) is 57.3 Å². The first-order chi connectivity index (χ1) is 14.6. The van der Waals surface area contributed by atoms with Gasteiger partial charge in [0.1, 0.15) is 0 Å². The van der Waals surface area contributed by atoms with Crippen LogP contribution in [-0.2, 0) is 4.74 Å². The molecule has 2 fully saturated rings. The molecule has 0 bridgehead atoms. The summed E-state index contributed by atoms with van der Waals surface area (Å²) in [5.41, 5.74) is 1.71. The van der Waals surface area contributed by atoms with Crippen molar-refractivity contribution < 1.29 is 14.5 Å². The molecule has 8 heteroatoms. The largest absolute Gasteiger partial charge is 0.373 e. The van der Waals surface area contributed by atoms with Gasteiger partial charge in [-0.05, 0) is 24.3 Å². The lowest BCUT2D eigenvalue weighted by atomic mass is 10.1. The average Bonchev–Trinajstić information content (AvgIpc) is 2.80. The van der Waals surface area contributed by atoms with Crippen molar-refractivity contribution in [1.29, 1.82) is 0 Å². The fraction of sp³-hybridized carbons (Fsp3) is 0.409. The zero-order chi connectivity index (χ0) is 20.9. The van der Waals surface area contributed by atoms with E-state index in [1.165, 1.54) is 30.0 Å². The van der Waals surface area contributed by atoms with E-state index in [9.17, 15) is 14.9 Å². The van der Waals surface area contributed by atoms with Gasteiger partial charge in [0, 0.05) is 69.2 Å². The summed E-state index contributed by atoms with van der Waals surface area (Å²) in [4.78, 5) is 29.7. The molecule has 2 aliphatic rings. The Hall–Kier alpha value is -2.97. The highest BCUT2D eigenvalue weighted by atomic mass is 16.6. The number of rotatable bonds is 5. The first kappa shape index (κ1) is 20.3. The van der Waals surface area contributed by atoms with E-state index in [4.69, 9.17) is 4.74 Å². The van der Waals surface area contributed by atoms with Crippen molar-refractivity contribution in [3.8, 4) is 0 Å². The molecule has 4 rings (SSSR count). The van der Waals surface area contributed by atoms with Gasteiger partial charge in [-0.15, -0.1) is 0 Å². The van der Waals surface area contributed by atoms with Gasteiger partial charge in [-0.3, -0.25) is 19.8 Å². The molecule has 2 aromatic rings. The van der Waals surface area contributed by atoms with Gasteiger partial charge in [0.05, 0.1) is 17.6 Å². The number of hydrogen-bond acceptors (Lipinski definition) is 6. The molecule has 2 saturated heterocycles. The van der Waals surface area contributed by atoms with E-state index in [-0.39, 0.29) is 17.7 Å². The number of nitro benzene ring substituents is 1. The van der Waals surface area contributed by atoms with E-state index in [1.807, 2.05) is 6.07 Å². The average molecular weight is 410 g/mol. The molecule has 1 atom stereocenters. The third kappa shape index (κ3) is 4.77. The third-order valence-electron chi connectivity index (χ3n) is 5.71. The van der Waals surface area contributed by atoms with E-state index in [0.717, 1.165) is 32.7 Å². The predicted molar refractivity (Wildman–Crippen MR) is 114 cm³/mol. The lowest BCUT2D eigenvalue weighted by molar-refractivity contribution is -0.384. The first-order valence-electron chi connectivity index (χ1n) is 10.3. The highest BCUT2D eigenvalue weighted by molar-refractivity contribution is 5.94. The maximum atomic E-state index is 12.8. The maximum Gasteiger partial charge on any atom is 0.269 e. The lowest BCUT2D eigenvalue weighted by Crippen LogP contribution is -2.53. The number of nitro groups is 1. The number of piperazine rings is 1. The van der Waals surface area contributed by atoms with Crippen molar-refractivity contribution in [3.63, 3.8) is 0 Å².